The van der Waals surface area contributed by atoms with Gasteiger partial charge < -0.3 is 15.7 Å². The summed E-state index contributed by atoms with van der Waals surface area (Å²) in [7, 11) is 0. The minimum absolute atomic E-state index is 0.0219. The van der Waals surface area contributed by atoms with E-state index in [1.807, 2.05) is 12.1 Å². The van der Waals surface area contributed by atoms with Gasteiger partial charge in [0.1, 0.15) is 5.82 Å². The third-order valence-electron chi connectivity index (χ3n) is 6.79. The van der Waals surface area contributed by atoms with Crippen LogP contribution in [0.2, 0.25) is 5.02 Å². The van der Waals surface area contributed by atoms with Gasteiger partial charge in [0.15, 0.2) is 0 Å². The van der Waals surface area contributed by atoms with Crippen LogP contribution in [0.5, 0.6) is 0 Å². The van der Waals surface area contributed by atoms with Crippen LogP contribution in [0.25, 0.3) is 22.0 Å². The standard InChI is InChI=1S/C28H27ClFN3O/c29-24-18-31-26-11-8-20(16-23(26)27(24)32-17-21-4-1-2-5-25(21)30)19-6-9-22(10-7-19)28(12-3-13-28)33-14-15-34/h1-2,4-11,16,18,33-34H,3,12-15,17H2,(H,31,32). The fourth-order valence-electron chi connectivity index (χ4n) is 4.73. The molecular formula is C28H27ClFN3O. The topological polar surface area (TPSA) is 57.2 Å². The van der Waals surface area contributed by atoms with Crippen LogP contribution >= 0.6 is 11.6 Å². The highest BCUT2D eigenvalue weighted by Crippen LogP contribution is 2.42. The summed E-state index contributed by atoms with van der Waals surface area (Å²) < 4.78 is 14.1. The molecule has 0 aliphatic heterocycles. The molecule has 0 bridgehead atoms. The molecule has 5 rings (SSSR count). The second-order valence-corrected chi connectivity index (χ2v) is 9.23. The molecule has 3 N–H and O–H groups in total. The number of nitrogens with zero attached hydrogens (tertiary/aromatic N) is 1. The molecular weight excluding hydrogens is 449 g/mol. The van der Waals surface area contributed by atoms with E-state index >= 15 is 0 Å². The fourth-order valence-corrected chi connectivity index (χ4v) is 4.95. The van der Waals surface area contributed by atoms with Crippen LogP contribution in [0.4, 0.5) is 10.1 Å². The van der Waals surface area contributed by atoms with Gasteiger partial charge in [0.05, 0.1) is 22.8 Å². The number of aliphatic hydroxyl groups excluding tert-OH is 1. The Balaban J connectivity index is 1.44. The maximum absolute atomic E-state index is 14.1. The maximum atomic E-state index is 14.1. The molecule has 1 aliphatic carbocycles. The van der Waals surface area contributed by atoms with Gasteiger partial charge in [0, 0.05) is 35.8 Å². The quantitative estimate of drug-likeness (QED) is 0.281. The van der Waals surface area contributed by atoms with Crippen LogP contribution in [0.15, 0.2) is 72.9 Å². The lowest BCUT2D eigenvalue weighted by Gasteiger charge is -2.43. The summed E-state index contributed by atoms with van der Waals surface area (Å²) in [4.78, 5) is 4.47. The molecule has 1 aromatic heterocycles. The van der Waals surface area contributed by atoms with Crippen molar-refractivity contribution in [1.29, 1.82) is 0 Å². The first-order valence-electron chi connectivity index (χ1n) is 11.6. The Kier molecular flexibility index (Phi) is 6.50. The lowest BCUT2D eigenvalue weighted by Crippen LogP contribution is -2.49. The normalized spacial score (nSPS) is 14.7. The number of benzene rings is 3. The molecule has 0 amide bonds. The highest BCUT2D eigenvalue weighted by atomic mass is 35.5. The van der Waals surface area contributed by atoms with Crippen molar-refractivity contribution in [3.63, 3.8) is 0 Å². The molecule has 3 aromatic carbocycles. The van der Waals surface area contributed by atoms with Crippen molar-refractivity contribution in [3.05, 3.63) is 94.9 Å². The number of aliphatic hydroxyl groups is 1. The zero-order chi connectivity index (χ0) is 23.5. The number of pyridine rings is 1. The molecule has 0 atom stereocenters. The summed E-state index contributed by atoms with van der Waals surface area (Å²) in [5.74, 6) is -0.247. The molecule has 0 unspecified atom stereocenters. The predicted octanol–water partition coefficient (Wildman–Crippen LogP) is 6.27. The number of halogens is 2. The summed E-state index contributed by atoms with van der Waals surface area (Å²) in [5, 5.41) is 17.5. The van der Waals surface area contributed by atoms with Gasteiger partial charge in [-0.1, -0.05) is 60.1 Å². The zero-order valence-corrected chi connectivity index (χ0v) is 19.6. The second-order valence-electron chi connectivity index (χ2n) is 8.82. The van der Waals surface area contributed by atoms with Gasteiger partial charge in [-0.3, -0.25) is 4.98 Å². The number of hydrogen-bond donors (Lipinski definition) is 3. The van der Waals surface area contributed by atoms with E-state index in [4.69, 9.17) is 11.6 Å². The number of rotatable bonds is 8. The van der Waals surface area contributed by atoms with Crippen molar-refractivity contribution in [3.8, 4) is 11.1 Å². The van der Waals surface area contributed by atoms with Crippen molar-refractivity contribution in [2.75, 3.05) is 18.5 Å². The first-order valence-corrected chi connectivity index (χ1v) is 12.0. The van der Waals surface area contributed by atoms with Crippen molar-refractivity contribution < 1.29 is 9.50 Å². The Labute approximate surface area is 203 Å². The van der Waals surface area contributed by atoms with Gasteiger partial charge in [-0.2, -0.15) is 0 Å². The Hall–Kier alpha value is -2.99. The van der Waals surface area contributed by atoms with Gasteiger partial charge in [-0.05, 0) is 54.2 Å². The average molecular weight is 476 g/mol. The van der Waals surface area contributed by atoms with Gasteiger partial charge in [0.25, 0.3) is 0 Å². The molecule has 4 nitrogen and oxygen atoms in total. The van der Waals surface area contributed by atoms with Crippen LogP contribution in [-0.2, 0) is 12.1 Å². The van der Waals surface area contributed by atoms with E-state index in [0.29, 0.717) is 23.7 Å². The number of hydrogen-bond acceptors (Lipinski definition) is 4. The molecule has 1 saturated carbocycles. The van der Waals surface area contributed by atoms with Gasteiger partial charge in [0.2, 0.25) is 0 Å². The number of nitrogens with one attached hydrogen (secondary N) is 2. The molecule has 4 aromatic rings. The van der Waals surface area contributed by atoms with E-state index in [1.54, 1.807) is 18.3 Å². The molecule has 1 heterocycles. The Morgan fingerprint density at radius 3 is 2.47 bits per heavy atom. The average Bonchev–Trinajstić information content (AvgIpc) is 2.84. The molecule has 0 saturated heterocycles. The molecule has 0 spiro atoms. The lowest BCUT2D eigenvalue weighted by molar-refractivity contribution is 0.167. The van der Waals surface area contributed by atoms with Gasteiger partial charge in [-0.15, -0.1) is 0 Å². The minimum atomic E-state index is -0.247. The van der Waals surface area contributed by atoms with Crippen molar-refractivity contribution >= 4 is 28.2 Å². The van der Waals surface area contributed by atoms with E-state index < -0.39 is 0 Å². The third kappa shape index (κ3) is 4.39. The van der Waals surface area contributed by atoms with Crippen LogP contribution in [0.1, 0.15) is 30.4 Å². The van der Waals surface area contributed by atoms with Crippen molar-refractivity contribution in [2.24, 2.45) is 0 Å². The SMILES string of the molecule is OCCNC1(c2ccc(-c3ccc4ncc(Cl)c(NCc5ccccc5F)c4c3)cc2)CCC1. The Morgan fingerprint density at radius 2 is 1.76 bits per heavy atom. The third-order valence-corrected chi connectivity index (χ3v) is 7.07. The minimum Gasteiger partial charge on any atom is -0.395 e. The lowest BCUT2D eigenvalue weighted by atomic mass is 9.71. The van der Waals surface area contributed by atoms with E-state index in [2.05, 4.69) is 52.0 Å². The highest BCUT2D eigenvalue weighted by molar-refractivity contribution is 6.34. The van der Waals surface area contributed by atoms with E-state index in [0.717, 1.165) is 40.6 Å². The van der Waals surface area contributed by atoms with E-state index in [1.165, 1.54) is 18.1 Å². The van der Waals surface area contributed by atoms with Crippen LogP contribution < -0.4 is 10.6 Å². The molecule has 1 aliphatic rings. The number of anilines is 1. The number of fused-ring (bicyclic) bond motifs is 1. The maximum Gasteiger partial charge on any atom is 0.128 e. The predicted molar refractivity (Wildman–Crippen MR) is 137 cm³/mol. The summed E-state index contributed by atoms with van der Waals surface area (Å²) in [6.45, 7) is 1.07. The number of aromatic nitrogens is 1. The Morgan fingerprint density at radius 1 is 1.00 bits per heavy atom. The summed E-state index contributed by atoms with van der Waals surface area (Å²) in [5.41, 5.74) is 5.54. The molecule has 0 radical (unpaired) electrons. The first-order chi connectivity index (χ1) is 16.6. The van der Waals surface area contributed by atoms with Crippen molar-refractivity contribution in [1.82, 2.24) is 10.3 Å². The van der Waals surface area contributed by atoms with Gasteiger partial charge in [-0.25, -0.2) is 4.39 Å². The fraction of sp³-hybridized carbons (Fsp3) is 0.250. The van der Waals surface area contributed by atoms with Crippen LogP contribution in [0.3, 0.4) is 0 Å². The summed E-state index contributed by atoms with van der Waals surface area (Å²) >= 11 is 6.50. The van der Waals surface area contributed by atoms with Crippen LogP contribution in [0, 0.1) is 5.82 Å². The monoisotopic (exact) mass is 475 g/mol. The van der Waals surface area contributed by atoms with E-state index in [9.17, 15) is 9.50 Å². The van der Waals surface area contributed by atoms with Crippen molar-refractivity contribution in [2.45, 2.75) is 31.3 Å². The smallest absolute Gasteiger partial charge is 0.128 e. The van der Waals surface area contributed by atoms with E-state index in [-0.39, 0.29) is 18.0 Å². The Bertz CT molecular complexity index is 1310. The molecule has 34 heavy (non-hydrogen) atoms. The largest absolute Gasteiger partial charge is 0.395 e. The second kappa shape index (κ2) is 9.71. The molecule has 6 heteroatoms. The highest BCUT2D eigenvalue weighted by Gasteiger charge is 2.37. The summed E-state index contributed by atoms with van der Waals surface area (Å²) in [6, 6.07) is 21.5. The van der Waals surface area contributed by atoms with Gasteiger partial charge >= 0.3 is 0 Å². The first kappa shape index (κ1) is 22.8. The van der Waals surface area contributed by atoms with Crippen LogP contribution in [-0.4, -0.2) is 23.2 Å². The zero-order valence-electron chi connectivity index (χ0n) is 18.8. The molecule has 1 fully saturated rings. The summed E-state index contributed by atoms with van der Waals surface area (Å²) in [6.07, 6.45) is 4.99. The molecule has 174 valence electrons.